The largest absolute Gasteiger partial charge is 0.450 e. The summed E-state index contributed by atoms with van der Waals surface area (Å²) in [5, 5.41) is 6.61. The number of carbonyl (C=O) groups excluding carboxylic acids is 2. The highest BCUT2D eigenvalue weighted by molar-refractivity contribution is 6.50. The van der Waals surface area contributed by atoms with Gasteiger partial charge in [0.05, 0.1) is 25.8 Å². The van der Waals surface area contributed by atoms with Crippen molar-refractivity contribution in [2.45, 2.75) is 6.92 Å². The smallest absolute Gasteiger partial charge is 0.378 e. The number of hydrogen-bond donors (Lipinski definition) is 1. The number of fused-ring (bicyclic) bond motifs is 1. The number of esters is 1. The zero-order chi connectivity index (χ0) is 19.7. The highest BCUT2D eigenvalue weighted by Gasteiger charge is 2.20. The lowest BCUT2D eigenvalue weighted by Crippen LogP contribution is -2.22. The van der Waals surface area contributed by atoms with Gasteiger partial charge in [-0.1, -0.05) is 46.4 Å². The number of carbonyl (C=O) groups is 2. The summed E-state index contributed by atoms with van der Waals surface area (Å²) in [7, 11) is 0. The molecule has 12 heteroatoms. The number of nitrogens with zero attached hydrogens (tertiary/aromatic N) is 4. The van der Waals surface area contributed by atoms with Crippen LogP contribution in [0.25, 0.3) is 5.78 Å². The Balaban J connectivity index is 1.69. The maximum absolute atomic E-state index is 12.1. The van der Waals surface area contributed by atoms with E-state index in [1.807, 2.05) is 0 Å². The van der Waals surface area contributed by atoms with E-state index in [4.69, 9.17) is 51.1 Å². The molecule has 140 valence electrons. The van der Waals surface area contributed by atoms with Crippen LogP contribution >= 0.6 is 46.4 Å². The summed E-state index contributed by atoms with van der Waals surface area (Å²) in [4.78, 5) is 32.0. The Labute approximate surface area is 172 Å². The molecule has 0 fully saturated rings. The van der Waals surface area contributed by atoms with Crippen molar-refractivity contribution in [3.63, 3.8) is 0 Å². The molecule has 2 aromatic heterocycles. The Morgan fingerprint density at radius 2 is 1.85 bits per heavy atom. The average molecular weight is 449 g/mol. The molecule has 0 saturated heterocycles. The highest BCUT2D eigenvalue weighted by atomic mass is 35.5. The first-order chi connectivity index (χ1) is 12.8. The molecular weight excluding hydrogens is 440 g/mol. The molecule has 1 N–H and O–H groups in total. The standard InChI is InChI=1S/C15H9Cl4N5O3/c1-6-2-3-20-15-22-13(23-24(6)15)14(26)27-5-9(25)21-12-10(18)7(16)4-8(17)11(12)19/h2-4H,5H2,1H3,(H,21,25). The van der Waals surface area contributed by atoms with Crippen LogP contribution < -0.4 is 5.32 Å². The Morgan fingerprint density at radius 3 is 2.48 bits per heavy atom. The van der Waals surface area contributed by atoms with Gasteiger partial charge in [-0.3, -0.25) is 4.79 Å². The molecule has 0 unspecified atom stereocenters. The molecule has 0 atom stereocenters. The minimum Gasteiger partial charge on any atom is -0.450 e. The van der Waals surface area contributed by atoms with Gasteiger partial charge < -0.3 is 10.1 Å². The number of hydrogen-bond acceptors (Lipinski definition) is 6. The summed E-state index contributed by atoms with van der Waals surface area (Å²) in [6.45, 7) is 1.15. The van der Waals surface area contributed by atoms with Crippen molar-refractivity contribution < 1.29 is 14.3 Å². The average Bonchev–Trinajstić information content (AvgIpc) is 3.07. The van der Waals surface area contributed by atoms with Crippen LogP contribution in [0.3, 0.4) is 0 Å². The Hall–Kier alpha value is -2.13. The number of aryl methyl sites for hydroxylation is 1. The number of benzene rings is 1. The quantitative estimate of drug-likeness (QED) is 0.480. The zero-order valence-corrected chi connectivity index (χ0v) is 16.5. The molecule has 8 nitrogen and oxygen atoms in total. The summed E-state index contributed by atoms with van der Waals surface area (Å²) >= 11 is 23.8. The van der Waals surface area contributed by atoms with Crippen LogP contribution in [0, 0.1) is 6.92 Å². The first-order valence-electron chi connectivity index (χ1n) is 7.26. The minimum atomic E-state index is -0.892. The van der Waals surface area contributed by atoms with Gasteiger partial charge in [0.25, 0.3) is 17.5 Å². The third kappa shape index (κ3) is 4.08. The molecule has 0 radical (unpaired) electrons. The Bertz CT molecular complexity index is 1040. The normalized spacial score (nSPS) is 10.9. The second-order valence-electron chi connectivity index (χ2n) is 5.20. The summed E-state index contributed by atoms with van der Waals surface area (Å²) in [6, 6.07) is 3.04. The maximum Gasteiger partial charge on any atom is 0.378 e. The van der Waals surface area contributed by atoms with Crippen LogP contribution in [0.1, 0.15) is 16.3 Å². The predicted molar refractivity (Wildman–Crippen MR) is 101 cm³/mol. The lowest BCUT2D eigenvalue weighted by atomic mass is 10.3. The molecular formula is C15H9Cl4N5O3. The van der Waals surface area contributed by atoms with E-state index in [1.54, 1.807) is 13.0 Å². The van der Waals surface area contributed by atoms with Crippen molar-refractivity contribution in [3.8, 4) is 0 Å². The van der Waals surface area contributed by atoms with Crippen molar-refractivity contribution in [2.75, 3.05) is 11.9 Å². The van der Waals surface area contributed by atoms with Crippen LogP contribution in [0.15, 0.2) is 18.3 Å². The summed E-state index contributed by atoms with van der Waals surface area (Å²) in [5.74, 6) is -1.59. The summed E-state index contributed by atoms with van der Waals surface area (Å²) in [6.07, 6.45) is 1.53. The number of anilines is 1. The minimum absolute atomic E-state index is 0.00862. The predicted octanol–water partition coefficient (Wildman–Crippen LogP) is 3.84. The van der Waals surface area contributed by atoms with E-state index < -0.39 is 18.5 Å². The van der Waals surface area contributed by atoms with Gasteiger partial charge in [-0.15, -0.1) is 5.10 Å². The SMILES string of the molecule is Cc1ccnc2nc(C(=O)OCC(=O)Nc3c(Cl)c(Cl)cc(Cl)c3Cl)nn12. The van der Waals surface area contributed by atoms with Gasteiger partial charge >= 0.3 is 5.97 Å². The number of ether oxygens (including phenoxy) is 1. The molecule has 0 aliphatic carbocycles. The third-order valence-corrected chi connectivity index (χ3v) is 4.90. The number of halogens is 4. The van der Waals surface area contributed by atoms with Gasteiger partial charge in [0.2, 0.25) is 0 Å². The monoisotopic (exact) mass is 447 g/mol. The number of rotatable bonds is 4. The molecule has 0 aliphatic heterocycles. The van der Waals surface area contributed by atoms with Crippen molar-refractivity contribution in [1.29, 1.82) is 0 Å². The number of amides is 1. The lowest BCUT2D eigenvalue weighted by molar-refractivity contribution is -0.119. The number of aromatic nitrogens is 4. The first kappa shape index (κ1) is 19.6. The fourth-order valence-electron chi connectivity index (χ4n) is 2.05. The van der Waals surface area contributed by atoms with E-state index in [0.29, 0.717) is 0 Å². The Kier molecular flexibility index (Phi) is 5.71. The van der Waals surface area contributed by atoms with Gasteiger partial charge in [0, 0.05) is 11.9 Å². The molecule has 0 spiro atoms. The first-order valence-corrected chi connectivity index (χ1v) is 8.77. The highest BCUT2D eigenvalue weighted by Crippen LogP contribution is 2.40. The third-order valence-electron chi connectivity index (χ3n) is 3.32. The molecule has 27 heavy (non-hydrogen) atoms. The van der Waals surface area contributed by atoms with Crippen LogP contribution in [0.4, 0.5) is 5.69 Å². The van der Waals surface area contributed by atoms with Gasteiger partial charge in [-0.2, -0.15) is 4.98 Å². The summed E-state index contributed by atoms with van der Waals surface area (Å²) in [5.41, 5.74) is 0.744. The van der Waals surface area contributed by atoms with Crippen molar-refractivity contribution >= 4 is 69.7 Å². The molecule has 3 aromatic rings. The van der Waals surface area contributed by atoms with E-state index in [2.05, 4.69) is 20.4 Å². The van der Waals surface area contributed by atoms with Crippen LogP contribution in [-0.2, 0) is 9.53 Å². The lowest BCUT2D eigenvalue weighted by Gasteiger charge is -2.11. The molecule has 1 amide bonds. The fraction of sp³-hybridized carbons (Fsp3) is 0.133. The topological polar surface area (TPSA) is 98.5 Å². The van der Waals surface area contributed by atoms with Crippen LogP contribution in [0.2, 0.25) is 20.1 Å². The van der Waals surface area contributed by atoms with Crippen LogP contribution in [0.5, 0.6) is 0 Å². The maximum atomic E-state index is 12.1. The molecule has 0 saturated carbocycles. The molecule has 0 bridgehead atoms. The molecule has 3 rings (SSSR count). The van der Waals surface area contributed by atoms with E-state index in [-0.39, 0.29) is 37.4 Å². The summed E-state index contributed by atoms with van der Waals surface area (Å²) < 4.78 is 6.28. The molecule has 1 aromatic carbocycles. The molecule has 2 heterocycles. The van der Waals surface area contributed by atoms with E-state index in [9.17, 15) is 9.59 Å². The van der Waals surface area contributed by atoms with Gasteiger partial charge in [-0.25, -0.2) is 14.3 Å². The zero-order valence-electron chi connectivity index (χ0n) is 13.5. The second kappa shape index (κ2) is 7.85. The van der Waals surface area contributed by atoms with E-state index in [0.717, 1.165) is 5.69 Å². The fourth-order valence-corrected chi connectivity index (χ4v) is 2.95. The van der Waals surface area contributed by atoms with Crippen molar-refractivity contribution in [3.05, 3.63) is 49.9 Å². The van der Waals surface area contributed by atoms with Gasteiger partial charge in [0.15, 0.2) is 6.61 Å². The Morgan fingerprint density at radius 1 is 1.19 bits per heavy atom. The van der Waals surface area contributed by atoms with Crippen molar-refractivity contribution in [1.82, 2.24) is 19.6 Å². The van der Waals surface area contributed by atoms with E-state index >= 15 is 0 Å². The van der Waals surface area contributed by atoms with Crippen molar-refractivity contribution in [2.24, 2.45) is 0 Å². The van der Waals surface area contributed by atoms with Gasteiger partial charge in [0.1, 0.15) is 0 Å². The van der Waals surface area contributed by atoms with Gasteiger partial charge in [-0.05, 0) is 19.1 Å². The molecule has 0 aliphatic rings. The second-order valence-corrected chi connectivity index (χ2v) is 6.77. The van der Waals surface area contributed by atoms with E-state index in [1.165, 1.54) is 16.8 Å². The number of nitrogens with one attached hydrogen (secondary N) is 1. The van der Waals surface area contributed by atoms with Crippen LogP contribution in [-0.4, -0.2) is 38.1 Å².